The third-order valence-electron chi connectivity index (χ3n) is 5.95. The van der Waals surface area contributed by atoms with E-state index in [1.165, 1.54) is 25.7 Å². The first kappa shape index (κ1) is 14.7. The summed E-state index contributed by atoms with van der Waals surface area (Å²) < 4.78 is 0. The summed E-state index contributed by atoms with van der Waals surface area (Å²) >= 11 is 0. The number of hydrogen-bond acceptors (Lipinski definition) is 2. The van der Waals surface area contributed by atoms with Crippen LogP contribution in [0.3, 0.4) is 0 Å². The van der Waals surface area contributed by atoms with Gasteiger partial charge in [0.25, 0.3) is 0 Å². The van der Waals surface area contributed by atoms with Crippen molar-refractivity contribution in [1.82, 2.24) is 10.2 Å². The number of aliphatic carboxylic acids is 1. The van der Waals surface area contributed by atoms with Gasteiger partial charge in [0.05, 0.1) is 5.41 Å². The minimum atomic E-state index is -0.806. The second-order valence-electron chi connectivity index (χ2n) is 7.49. The molecule has 0 aromatic heterocycles. The first-order valence-electron chi connectivity index (χ1n) is 8.24. The third-order valence-corrected chi connectivity index (χ3v) is 5.95. The van der Waals surface area contributed by atoms with E-state index in [1.54, 1.807) is 11.8 Å². The maximum Gasteiger partial charge on any atom is 0.317 e. The number of carbonyl (C=O) groups excluding carboxylic acids is 1. The van der Waals surface area contributed by atoms with Gasteiger partial charge >= 0.3 is 12.0 Å². The first-order valence-corrected chi connectivity index (χ1v) is 8.24. The number of carboxylic acids is 1. The molecule has 3 rings (SSSR count). The van der Waals surface area contributed by atoms with E-state index in [1.807, 2.05) is 0 Å². The van der Waals surface area contributed by atoms with Crippen molar-refractivity contribution in [3.05, 3.63) is 0 Å². The van der Waals surface area contributed by atoms with Crippen LogP contribution in [0.5, 0.6) is 0 Å². The van der Waals surface area contributed by atoms with E-state index in [-0.39, 0.29) is 6.03 Å². The monoisotopic (exact) mass is 294 g/mol. The van der Waals surface area contributed by atoms with Gasteiger partial charge in [-0.2, -0.15) is 0 Å². The van der Waals surface area contributed by atoms with Gasteiger partial charge in [-0.25, -0.2) is 4.79 Å². The average Bonchev–Trinajstić information content (AvgIpc) is 3.14. The smallest absolute Gasteiger partial charge is 0.317 e. The molecule has 4 unspecified atom stereocenters. The lowest BCUT2D eigenvalue weighted by Crippen LogP contribution is -2.41. The molecule has 0 aromatic carbocycles. The molecule has 2 bridgehead atoms. The molecule has 2 amide bonds. The number of rotatable bonds is 4. The highest BCUT2D eigenvalue weighted by atomic mass is 16.4. The van der Waals surface area contributed by atoms with Crippen molar-refractivity contribution in [2.45, 2.75) is 45.4 Å². The van der Waals surface area contributed by atoms with Gasteiger partial charge in [-0.15, -0.1) is 0 Å². The summed E-state index contributed by atoms with van der Waals surface area (Å²) in [6.07, 6.45) is 7.17. The van der Waals surface area contributed by atoms with E-state index in [0.717, 1.165) is 30.7 Å². The first-order chi connectivity index (χ1) is 9.98. The van der Waals surface area contributed by atoms with Crippen LogP contribution in [-0.4, -0.2) is 41.6 Å². The van der Waals surface area contributed by atoms with Crippen LogP contribution in [0.15, 0.2) is 0 Å². The Labute approximate surface area is 126 Å². The number of carboxylic acid groups (broad SMARTS) is 1. The molecule has 1 aliphatic heterocycles. The molecule has 2 N–H and O–H groups in total. The van der Waals surface area contributed by atoms with Crippen LogP contribution < -0.4 is 5.32 Å². The molecule has 0 aromatic rings. The lowest BCUT2D eigenvalue weighted by Gasteiger charge is -2.23. The van der Waals surface area contributed by atoms with E-state index in [4.69, 9.17) is 0 Å². The standard InChI is InChI=1S/C16H26N2O3/c1-16(14(19)20)5-7-18(10-16)15(21)17-6-4-13-9-11-2-3-12(13)8-11/h11-13H,2-10H2,1H3,(H,17,21)(H,19,20). The summed E-state index contributed by atoms with van der Waals surface area (Å²) in [6.45, 7) is 3.32. The van der Waals surface area contributed by atoms with Gasteiger partial charge in [-0.05, 0) is 56.8 Å². The van der Waals surface area contributed by atoms with Gasteiger partial charge in [-0.3, -0.25) is 4.79 Å². The van der Waals surface area contributed by atoms with Crippen LogP contribution in [0.2, 0.25) is 0 Å². The topological polar surface area (TPSA) is 69.6 Å². The summed E-state index contributed by atoms with van der Waals surface area (Å²) in [4.78, 5) is 25.0. The van der Waals surface area contributed by atoms with Gasteiger partial charge in [0.15, 0.2) is 0 Å². The molecule has 1 heterocycles. The Balaban J connectivity index is 1.40. The molecular formula is C16H26N2O3. The maximum atomic E-state index is 12.1. The molecule has 118 valence electrons. The van der Waals surface area contributed by atoms with Crippen molar-refractivity contribution in [1.29, 1.82) is 0 Å². The van der Waals surface area contributed by atoms with Crippen LogP contribution in [-0.2, 0) is 4.79 Å². The number of likely N-dealkylation sites (tertiary alicyclic amines) is 1. The fourth-order valence-electron chi connectivity index (χ4n) is 4.52. The lowest BCUT2D eigenvalue weighted by atomic mass is 9.86. The Bertz CT molecular complexity index is 439. The molecule has 21 heavy (non-hydrogen) atoms. The number of carbonyl (C=O) groups is 2. The van der Waals surface area contributed by atoms with E-state index in [0.29, 0.717) is 19.5 Å². The minimum Gasteiger partial charge on any atom is -0.481 e. The highest BCUT2D eigenvalue weighted by Gasteiger charge is 2.42. The average molecular weight is 294 g/mol. The molecule has 4 atom stereocenters. The zero-order chi connectivity index (χ0) is 15.0. The molecule has 5 heteroatoms. The molecule has 5 nitrogen and oxygen atoms in total. The van der Waals surface area contributed by atoms with Gasteiger partial charge in [0.2, 0.25) is 0 Å². The summed E-state index contributed by atoms with van der Waals surface area (Å²) in [5.74, 6) is 1.84. The molecule has 3 aliphatic rings. The lowest BCUT2D eigenvalue weighted by molar-refractivity contribution is -0.146. The zero-order valence-electron chi connectivity index (χ0n) is 12.8. The van der Waals surface area contributed by atoms with Crippen molar-refractivity contribution in [2.24, 2.45) is 23.2 Å². The van der Waals surface area contributed by atoms with E-state index in [2.05, 4.69) is 5.32 Å². The fraction of sp³-hybridized carbons (Fsp3) is 0.875. The molecule has 2 aliphatic carbocycles. The molecule has 0 radical (unpaired) electrons. The predicted molar refractivity (Wildman–Crippen MR) is 78.9 cm³/mol. The van der Waals surface area contributed by atoms with E-state index in [9.17, 15) is 14.7 Å². The zero-order valence-corrected chi connectivity index (χ0v) is 12.8. The van der Waals surface area contributed by atoms with Gasteiger partial charge in [-0.1, -0.05) is 6.42 Å². The van der Waals surface area contributed by atoms with E-state index < -0.39 is 11.4 Å². The fourth-order valence-corrected chi connectivity index (χ4v) is 4.52. The van der Waals surface area contributed by atoms with Gasteiger partial charge in [0.1, 0.15) is 0 Å². The summed E-state index contributed by atoms with van der Waals surface area (Å²) in [6, 6.07) is -0.0943. The second-order valence-corrected chi connectivity index (χ2v) is 7.49. The SMILES string of the molecule is CC1(C(=O)O)CCN(C(=O)NCCC2CC3CCC2C3)C1. The van der Waals surface area contributed by atoms with Crippen molar-refractivity contribution < 1.29 is 14.7 Å². The van der Waals surface area contributed by atoms with E-state index >= 15 is 0 Å². The van der Waals surface area contributed by atoms with Crippen LogP contribution in [0.25, 0.3) is 0 Å². The van der Waals surface area contributed by atoms with Crippen LogP contribution in [0.1, 0.15) is 45.4 Å². The second kappa shape index (κ2) is 5.50. The number of hydrogen-bond donors (Lipinski definition) is 2. The number of amides is 2. The highest BCUT2D eigenvalue weighted by Crippen LogP contribution is 2.49. The van der Waals surface area contributed by atoms with Crippen LogP contribution in [0, 0.1) is 23.2 Å². The largest absolute Gasteiger partial charge is 0.481 e. The Kier molecular flexibility index (Phi) is 3.84. The predicted octanol–water partition coefficient (Wildman–Crippen LogP) is 2.32. The number of urea groups is 1. The van der Waals surface area contributed by atoms with Crippen molar-refractivity contribution >= 4 is 12.0 Å². The Morgan fingerprint density at radius 2 is 2.14 bits per heavy atom. The Morgan fingerprint density at radius 1 is 1.33 bits per heavy atom. The van der Waals surface area contributed by atoms with Gasteiger partial charge < -0.3 is 15.3 Å². The maximum absolute atomic E-state index is 12.1. The summed E-state index contributed by atoms with van der Waals surface area (Å²) in [7, 11) is 0. The normalized spacial score (nSPS) is 38.0. The quantitative estimate of drug-likeness (QED) is 0.836. The van der Waals surface area contributed by atoms with Crippen LogP contribution >= 0.6 is 0 Å². The molecule has 0 spiro atoms. The van der Waals surface area contributed by atoms with Crippen molar-refractivity contribution in [3.8, 4) is 0 Å². The Hall–Kier alpha value is -1.26. The third kappa shape index (κ3) is 2.87. The number of nitrogens with one attached hydrogen (secondary N) is 1. The molecule has 2 saturated carbocycles. The summed E-state index contributed by atoms with van der Waals surface area (Å²) in [5.41, 5.74) is -0.776. The summed E-state index contributed by atoms with van der Waals surface area (Å²) in [5, 5.41) is 12.2. The van der Waals surface area contributed by atoms with Crippen LogP contribution in [0.4, 0.5) is 4.79 Å². The van der Waals surface area contributed by atoms with Gasteiger partial charge in [0, 0.05) is 19.6 Å². The Morgan fingerprint density at radius 3 is 2.71 bits per heavy atom. The molecular weight excluding hydrogens is 268 g/mol. The minimum absolute atomic E-state index is 0.0943. The number of fused-ring (bicyclic) bond motifs is 2. The molecule has 3 fully saturated rings. The van der Waals surface area contributed by atoms with Crippen molar-refractivity contribution in [2.75, 3.05) is 19.6 Å². The number of nitrogens with zero attached hydrogens (tertiary/aromatic N) is 1. The highest BCUT2D eigenvalue weighted by molar-refractivity contribution is 5.79. The van der Waals surface area contributed by atoms with Crippen molar-refractivity contribution in [3.63, 3.8) is 0 Å². The molecule has 1 saturated heterocycles.